The Hall–Kier alpha value is -3.69. The Morgan fingerprint density at radius 1 is 0.842 bits per heavy atom. The molecule has 0 saturated carbocycles. The summed E-state index contributed by atoms with van der Waals surface area (Å²) in [5, 5.41) is 2.86. The van der Waals surface area contributed by atoms with Gasteiger partial charge in [-0.1, -0.05) is 78.4 Å². The molecule has 0 heterocycles. The predicted molar refractivity (Wildman–Crippen MR) is 151 cm³/mol. The maximum Gasteiger partial charge on any atom is 0.304 e. The van der Waals surface area contributed by atoms with Gasteiger partial charge in [-0.15, -0.1) is 0 Å². The highest BCUT2D eigenvalue weighted by Crippen LogP contribution is 2.21. The van der Waals surface area contributed by atoms with Crippen molar-refractivity contribution in [3.8, 4) is 0 Å². The fourth-order valence-corrected chi connectivity index (χ4v) is 5.10. The first-order valence-corrected chi connectivity index (χ1v) is 13.9. The van der Waals surface area contributed by atoms with Gasteiger partial charge in [0.2, 0.25) is 11.8 Å². The Balaban J connectivity index is 2.05. The fourth-order valence-electron chi connectivity index (χ4n) is 4.05. The summed E-state index contributed by atoms with van der Waals surface area (Å²) in [7, 11) is -1.15. The van der Waals surface area contributed by atoms with E-state index in [2.05, 4.69) is 5.32 Å². The topological polar surface area (TPSA) is 90.0 Å². The first-order chi connectivity index (χ1) is 18.1. The minimum atomic E-state index is -4.00. The second-order valence-corrected chi connectivity index (χ2v) is 11.3. The first kappa shape index (κ1) is 28.9. The van der Waals surface area contributed by atoms with Crippen molar-refractivity contribution >= 4 is 27.7 Å². The Morgan fingerprint density at radius 3 is 1.97 bits per heavy atom. The van der Waals surface area contributed by atoms with Crippen LogP contribution in [-0.2, 0) is 32.8 Å². The van der Waals surface area contributed by atoms with E-state index in [0.29, 0.717) is 12.2 Å². The highest BCUT2D eigenvalue weighted by atomic mass is 32.2. The van der Waals surface area contributed by atoms with E-state index in [1.807, 2.05) is 68.4 Å². The van der Waals surface area contributed by atoms with Gasteiger partial charge in [0.1, 0.15) is 12.6 Å². The number of carbonyl (C=O) groups excluding carboxylic acids is 2. The van der Waals surface area contributed by atoms with Crippen molar-refractivity contribution in [3.05, 3.63) is 102 Å². The molecule has 8 nitrogen and oxygen atoms in total. The van der Waals surface area contributed by atoms with Crippen molar-refractivity contribution in [2.75, 3.05) is 31.5 Å². The minimum absolute atomic E-state index is 0.151. The van der Waals surface area contributed by atoms with Crippen LogP contribution < -0.4 is 9.62 Å². The van der Waals surface area contributed by atoms with E-state index < -0.39 is 28.7 Å². The van der Waals surface area contributed by atoms with E-state index in [1.54, 1.807) is 30.3 Å². The molecule has 9 heteroatoms. The monoisotopic (exact) mass is 536 g/mol. The van der Waals surface area contributed by atoms with Crippen molar-refractivity contribution in [1.82, 2.24) is 14.5 Å². The zero-order valence-electron chi connectivity index (χ0n) is 22.4. The molecule has 0 spiro atoms. The van der Waals surface area contributed by atoms with E-state index in [9.17, 15) is 18.0 Å². The maximum atomic E-state index is 14.0. The third kappa shape index (κ3) is 7.43. The number of amides is 2. The minimum Gasteiger partial charge on any atom is -0.355 e. The molecule has 1 unspecified atom stereocenters. The summed E-state index contributed by atoms with van der Waals surface area (Å²) in [5.41, 5.74) is 3.17. The van der Waals surface area contributed by atoms with Crippen LogP contribution in [0.4, 0.5) is 5.69 Å². The average Bonchev–Trinajstić information content (AvgIpc) is 2.91. The van der Waals surface area contributed by atoms with Gasteiger partial charge in [-0.2, -0.15) is 12.7 Å². The van der Waals surface area contributed by atoms with E-state index in [0.717, 1.165) is 25.3 Å². The molecule has 3 aromatic carbocycles. The van der Waals surface area contributed by atoms with Crippen LogP contribution in [0.5, 0.6) is 0 Å². The van der Waals surface area contributed by atoms with Crippen molar-refractivity contribution in [1.29, 1.82) is 0 Å². The lowest BCUT2D eigenvalue weighted by Crippen LogP contribution is -2.54. The third-order valence-electron chi connectivity index (χ3n) is 6.16. The van der Waals surface area contributed by atoms with Gasteiger partial charge in [-0.05, 0) is 37.1 Å². The molecule has 0 aliphatic carbocycles. The Labute approximate surface area is 226 Å². The molecule has 0 aliphatic rings. The van der Waals surface area contributed by atoms with Gasteiger partial charge >= 0.3 is 10.2 Å². The molecule has 202 valence electrons. The second kappa shape index (κ2) is 13.2. The van der Waals surface area contributed by atoms with Crippen LogP contribution in [0, 0.1) is 6.92 Å². The number of benzene rings is 3. The average molecular weight is 537 g/mol. The molecule has 38 heavy (non-hydrogen) atoms. The molecule has 3 aromatic rings. The summed E-state index contributed by atoms with van der Waals surface area (Å²) in [5.74, 6) is -0.773. The van der Waals surface area contributed by atoms with Gasteiger partial charge in [0, 0.05) is 33.6 Å². The molecular formula is C29H36N4O4S. The summed E-state index contributed by atoms with van der Waals surface area (Å²) in [4.78, 5) is 28.9. The molecule has 1 N–H and O–H groups in total. The van der Waals surface area contributed by atoms with Gasteiger partial charge in [0.25, 0.3) is 0 Å². The number of aryl methyl sites for hydroxylation is 1. The van der Waals surface area contributed by atoms with Crippen LogP contribution in [0.15, 0.2) is 84.9 Å². The second-order valence-electron chi connectivity index (χ2n) is 9.24. The molecule has 2 amide bonds. The lowest BCUT2D eigenvalue weighted by Gasteiger charge is -2.34. The van der Waals surface area contributed by atoms with Crippen molar-refractivity contribution in [2.24, 2.45) is 0 Å². The SMILES string of the molecule is CCNC(=O)C(Cc1ccccc1)N(Cc1ccc(C)cc1)C(=O)CN(c1ccccc1)S(=O)(=O)N(C)C. The maximum absolute atomic E-state index is 14.0. The Bertz CT molecular complexity index is 1300. The largest absolute Gasteiger partial charge is 0.355 e. The van der Waals surface area contributed by atoms with E-state index >= 15 is 0 Å². The number of likely N-dealkylation sites (N-methyl/N-ethyl adjacent to an activating group) is 1. The van der Waals surface area contributed by atoms with Crippen molar-refractivity contribution in [3.63, 3.8) is 0 Å². The van der Waals surface area contributed by atoms with Crippen LogP contribution in [0.25, 0.3) is 0 Å². The normalized spacial score (nSPS) is 12.1. The number of para-hydroxylation sites is 1. The van der Waals surface area contributed by atoms with Crippen LogP contribution in [0.3, 0.4) is 0 Å². The molecule has 0 aromatic heterocycles. The highest BCUT2D eigenvalue weighted by molar-refractivity contribution is 7.90. The number of carbonyl (C=O) groups is 2. The smallest absolute Gasteiger partial charge is 0.304 e. The van der Waals surface area contributed by atoms with Gasteiger partial charge < -0.3 is 10.2 Å². The summed E-state index contributed by atoms with van der Waals surface area (Å²) in [6, 6.07) is 24.9. The Kier molecular flexibility index (Phi) is 10.0. The van der Waals surface area contributed by atoms with Crippen molar-refractivity contribution in [2.45, 2.75) is 32.9 Å². The molecule has 0 radical (unpaired) electrons. The van der Waals surface area contributed by atoms with E-state index in [4.69, 9.17) is 0 Å². The quantitative estimate of drug-likeness (QED) is 0.384. The third-order valence-corrected chi connectivity index (χ3v) is 7.98. The van der Waals surface area contributed by atoms with Crippen LogP contribution >= 0.6 is 0 Å². The molecule has 3 rings (SSSR count). The van der Waals surface area contributed by atoms with Gasteiger partial charge in [0.05, 0.1) is 5.69 Å². The molecular weight excluding hydrogens is 500 g/mol. The van der Waals surface area contributed by atoms with Crippen LogP contribution in [-0.4, -0.2) is 62.7 Å². The fraction of sp³-hybridized carbons (Fsp3) is 0.310. The number of anilines is 1. The standard InChI is InChI=1S/C29H36N4O4S/c1-5-30-29(35)27(20-24-12-8-6-9-13-24)32(21-25-18-16-23(2)17-19-25)28(34)22-33(38(36,37)31(3)4)26-14-10-7-11-15-26/h6-19,27H,5,20-22H2,1-4H3,(H,30,35). The highest BCUT2D eigenvalue weighted by Gasteiger charge is 2.34. The predicted octanol–water partition coefficient (Wildman–Crippen LogP) is 3.38. The number of nitrogens with zero attached hydrogens (tertiary/aromatic N) is 3. The lowest BCUT2D eigenvalue weighted by molar-refractivity contribution is -0.140. The summed E-state index contributed by atoms with van der Waals surface area (Å²) in [6.45, 7) is 3.90. The zero-order valence-corrected chi connectivity index (χ0v) is 23.2. The molecule has 0 fully saturated rings. The zero-order chi connectivity index (χ0) is 27.7. The summed E-state index contributed by atoms with van der Waals surface area (Å²) < 4.78 is 28.7. The Morgan fingerprint density at radius 2 is 1.42 bits per heavy atom. The van der Waals surface area contributed by atoms with Gasteiger partial charge in [0.15, 0.2) is 0 Å². The number of nitrogens with one attached hydrogen (secondary N) is 1. The lowest BCUT2D eigenvalue weighted by atomic mass is 10.0. The van der Waals surface area contributed by atoms with Crippen LogP contribution in [0.2, 0.25) is 0 Å². The molecule has 0 saturated heterocycles. The van der Waals surface area contributed by atoms with Crippen LogP contribution in [0.1, 0.15) is 23.6 Å². The van der Waals surface area contributed by atoms with Gasteiger partial charge in [-0.3, -0.25) is 9.59 Å². The van der Waals surface area contributed by atoms with E-state index in [1.165, 1.54) is 19.0 Å². The molecule has 0 bridgehead atoms. The summed E-state index contributed by atoms with van der Waals surface area (Å²) in [6.07, 6.45) is 0.288. The van der Waals surface area contributed by atoms with Gasteiger partial charge in [-0.25, -0.2) is 4.31 Å². The van der Waals surface area contributed by atoms with Crippen molar-refractivity contribution < 1.29 is 18.0 Å². The summed E-state index contributed by atoms with van der Waals surface area (Å²) >= 11 is 0. The number of hydrogen-bond donors (Lipinski definition) is 1. The van der Waals surface area contributed by atoms with E-state index in [-0.39, 0.29) is 18.9 Å². The number of rotatable bonds is 12. The molecule has 0 aliphatic heterocycles. The first-order valence-electron chi connectivity index (χ1n) is 12.6. The number of hydrogen-bond acceptors (Lipinski definition) is 4. The molecule has 1 atom stereocenters.